The number of amides is 1. The van der Waals surface area contributed by atoms with Gasteiger partial charge < -0.3 is 15.2 Å². The van der Waals surface area contributed by atoms with Crippen molar-refractivity contribution in [2.24, 2.45) is 0 Å². The number of hydrogen-bond acceptors (Lipinski definition) is 4. The molecule has 0 heterocycles. The number of methoxy groups -OCH3 is 1. The van der Waals surface area contributed by atoms with Gasteiger partial charge in [-0.1, -0.05) is 22.0 Å². The van der Waals surface area contributed by atoms with Gasteiger partial charge in [-0.3, -0.25) is 9.59 Å². The molecule has 1 aromatic rings. The molecule has 1 rings (SSSR count). The largest absolute Gasteiger partial charge is 0.480 e. The van der Waals surface area contributed by atoms with Gasteiger partial charge in [0.25, 0.3) is 5.91 Å². The molecule has 1 aromatic carbocycles. The maximum atomic E-state index is 12.1. The molecule has 114 valence electrons. The summed E-state index contributed by atoms with van der Waals surface area (Å²) in [6.45, 7) is 1.76. The smallest absolute Gasteiger partial charge is 0.326 e. The van der Waals surface area contributed by atoms with Gasteiger partial charge in [-0.2, -0.15) is 0 Å². The maximum Gasteiger partial charge on any atom is 0.326 e. The number of carbonyl (C=O) groups is 3. The average Bonchev–Trinajstić information content (AvgIpc) is 2.44. The van der Waals surface area contributed by atoms with Crippen LogP contribution in [0.15, 0.2) is 22.7 Å². The number of hydrogen-bond donors (Lipinski definition) is 2. The molecule has 7 heteroatoms. The van der Waals surface area contributed by atoms with E-state index in [0.717, 1.165) is 10.0 Å². The number of rotatable bonds is 6. The monoisotopic (exact) mass is 357 g/mol. The van der Waals surface area contributed by atoms with Crippen LogP contribution in [0.1, 0.15) is 28.8 Å². The van der Waals surface area contributed by atoms with Crippen molar-refractivity contribution in [2.45, 2.75) is 25.8 Å². The highest BCUT2D eigenvalue weighted by Gasteiger charge is 2.22. The minimum Gasteiger partial charge on any atom is -0.480 e. The van der Waals surface area contributed by atoms with E-state index in [1.165, 1.54) is 7.11 Å². The summed E-state index contributed by atoms with van der Waals surface area (Å²) in [5.74, 6) is -2.21. The van der Waals surface area contributed by atoms with E-state index < -0.39 is 23.9 Å². The van der Waals surface area contributed by atoms with Gasteiger partial charge in [0.15, 0.2) is 0 Å². The molecule has 0 spiro atoms. The van der Waals surface area contributed by atoms with Crippen LogP contribution >= 0.6 is 15.9 Å². The van der Waals surface area contributed by atoms with E-state index in [9.17, 15) is 14.4 Å². The SMILES string of the molecule is COC(=O)CC[C@@H](NC(=O)c1cc(Br)ccc1C)C(=O)O. The minimum atomic E-state index is -1.19. The predicted molar refractivity (Wildman–Crippen MR) is 79.0 cm³/mol. The third kappa shape index (κ3) is 5.18. The second-order valence-electron chi connectivity index (χ2n) is 4.44. The fourth-order valence-electron chi connectivity index (χ4n) is 1.70. The summed E-state index contributed by atoms with van der Waals surface area (Å²) < 4.78 is 5.18. The number of carboxylic acid groups (broad SMARTS) is 1. The number of aryl methyl sites for hydroxylation is 1. The van der Waals surface area contributed by atoms with E-state index in [0.29, 0.717) is 5.56 Å². The molecule has 0 unspecified atom stereocenters. The molecule has 1 amide bonds. The first-order chi connectivity index (χ1) is 9.85. The van der Waals surface area contributed by atoms with Crippen LogP contribution < -0.4 is 5.32 Å². The first-order valence-electron chi connectivity index (χ1n) is 6.21. The maximum absolute atomic E-state index is 12.1. The lowest BCUT2D eigenvalue weighted by Crippen LogP contribution is -2.41. The van der Waals surface area contributed by atoms with E-state index in [2.05, 4.69) is 26.0 Å². The summed E-state index contributed by atoms with van der Waals surface area (Å²) >= 11 is 3.26. The lowest BCUT2D eigenvalue weighted by atomic mass is 10.1. The van der Waals surface area contributed by atoms with Gasteiger partial charge in [0, 0.05) is 16.5 Å². The molecule has 0 aliphatic rings. The molecule has 6 nitrogen and oxygen atoms in total. The van der Waals surface area contributed by atoms with Gasteiger partial charge in [0.05, 0.1) is 7.11 Å². The van der Waals surface area contributed by atoms with Crippen LogP contribution in [0.4, 0.5) is 0 Å². The topological polar surface area (TPSA) is 92.7 Å². The van der Waals surface area contributed by atoms with Crippen LogP contribution in [0.2, 0.25) is 0 Å². The highest BCUT2D eigenvalue weighted by atomic mass is 79.9. The Morgan fingerprint density at radius 1 is 1.38 bits per heavy atom. The zero-order valence-corrected chi connectivity index (χ0v) is 13.3. The molecule has 0 aliphatic carbocycles. The summed E-state index contributed by atoms with van der Waals surface area (Å²) in [5.41, 5.74) is 1.11. The highest BCUT2D eigenvalue weighted by molar-refractivity contribution is 9.10. The van der Waals surface area contributed by atoms with Gasteiger partial charge in [0.1, 0.15) is 6.04 Å². The van der Waals surface area contributed by atoms with Gasteiger partial charge in [0.2, 0.25) is 0 Å². The van der Waals surface area contributed by atoms with Crippen molar-refractivity contribution in [1.82, 2.24) is 5.32 Å². The van der Waals surface area contributed by atoms with E-state index >= 15 is 0 Å². The van der Waals surface area contributed by atoms with Gasteiger partial charge >= 0.3 is 11.9 Å². The number of aliphatic carboxylic acids is 1. The Morgan fingerprint density at radius 3 is 2.62 bits per heavy atom. The predicted octanol–water partition coefficient (Wildman–Crippen LogP) is 1.89. The number of esters is 1. The van der Waals surface area contributed by atoms with Gasteiger partial charge in [-0.25, -0.2) is 4.79 Å². The molecule has 0 bridgehead atoms. The molecule has 21 heavy (non-hydrogen) atoms. The first-order valence-corrected chi connectivity index (χ1v) is 7.01. The Morgan fingerprint density at radius 2 is 2.05 bits per heavy atom. The van der Waals surface area contributed by atoms with Crippen molar-refractivity contribution >= 4 is 33.8 Å². The molecule has 0 fully saturated rings. The number of benzene rings is 1. The Kier molecular flexibility index (Phi) is 6.36. The third-order valence-corrected chi connectivity index (χ3v) is 3.41. The Balaban J connectivity index is 2.79. The van der Waals surface area contributed by atoms with E-state index in [-0.39, 0.29) is 12.8 Å². The zero-order chi connectivity index (χ0) is 16.0. The van der Waals surface area contributed by atoms with Crippen LogP contribution in [-0.2, 0) is 14.3 Å². The first kappa shape index (κ1) is 17.2. The standard InChI is InChI=1S/C14H16BrNO5/c1-8-3-4-9(15)7-10(8)13(18)16-11(14(19)20)5-6-12(17)21-2/h3-4,7,11H,5-6H2,1-2H3,(H,16,18)(H,19,20)/t11-/m1/s1. The van der Waals surface area contributed by atoms with Gasteiger partial charge in [-0.15, -0.1) is 0 Å². The van der Waals surface area contributed by atoms with Crippen LogP contribution in [0, 0.1) is 6.92 Å². The third-order valence-electron chi connectivity index (χ3n) is 2.91. The summed E-state index contributed by atoms with van der Waals surface area (Å²) in [4.78, 5) is 34.3. The normalized spacial score (nSPS) is 11.6. The lowest BCUT2D eigenvalue weighted by molar-refractivity contribution is -0.142. The molecule has 0 radical (unpaired) electrons. The van der Waals surface area contributed by atoms with Crippen molar-refractivity contribution in [3.8, 4) is 0 Å². The van der Waals surface area contributed by atoms with Crippen molar-refractivity contribution in [2.75, 3.05) is 7.11 Å². The fraction of sp³-hybridized carbons (Fsp3) is 0.357. The van der Waals surface area contributed by atoms with E-state index in [1.807, 2.05) is 0 Å². The van der Waals surface area contributed by atoms with Crippen LogP contribution in [0.5, 0.6) is 0 Å². The summed E-state index contributed by atoms with van der Waals surface area (Å²) in [6, 6.07) is 4.01. The molecular formula is C14H16BrNO5. The zero-order valence-electron chi connectivity index (χ0n) is 11.7. The number of carboxylic acids is 1. The summed E-state index contributed by atoms with van der Waals surface area (Å²) in [5, 5.41) is 11.5. The Labute approximate surface area is 130 Å². The van der Waals surface area contributed by atoms with Crippen molar-refractivity contribution in [3.63, 3.8) is 0 Å². The quantitative estimate of drug-likeness (QED) is 0.758. The van der Waals surface area contributed by atoms with Crippen molar-refractivity contribution < 1.29 is 24.2 Å². The molecule has 0 saturated heterocycles. The number of ether oxygens (including phenoxy) is 1. The van der Waals surface area contributed by atoms with E-state index in [4.69, 9.17) is 5.11 Å². The Hall–Kier alpha value is -1.89. The summed E-state index contributed by atoms with van der Waals surface area (Å²) in [6.07, 6.45) is -0.105. The molecule has 2 N–H and O–H groups in total. The number of carbonyl (C=O) groups excluding carboxylic acids is 2. The second kappa shape index (κ2) is 7.78. The van der Waals surface area contributed by atoms with Crippen LogP contribution in [0.3, 0.4) is 0 Å². The highest BCUT2D eigenvalue weighted by Crippen LogP contribution is 2.16. The van der Waals surface area contributed by atoms with Crippen molar-refractivity contribution in [3.05, 3.63) is 33.8 Å². The summed E-state index contributed by atoms with van der Waals surface area (Å²) in [7, 11) is 1.22. The number of nitrogens with one attached hydrogen (secondary N) is 1. The fourth-order valence-corrected chi connectivity index (χ4v) is 2.06. The number of halogens is 1. The molecule has 0 aromatic heterocycles. The molecule has 0 aliphatic heterocycles. The second-order valence-corrected chi connectivity index (χ2v) is 5.35. The minimum absolute atomic E-state index is 0.0270. The van der Waals surface area contributed by atoms with Crippen LogP contribution in [-0.4, -0.2) is 36.1 Å². The molecular weight excluding hydrogens is 342 g/mol. The Bertz CT molecular complexity index is 558. The van der Waals surface area contributed by atoms with Crippen LogP contribution in [0.25, 0.3) is 0 Å². The van der Waals surface area contributed by atoms with E-state index in [1.54, 1.807) is 25.1 Å². The average molecular weight is 358 g/mol. The molecule has 0 saturated carbocycles. The van der Waals surface area contributed by atoms with Gasteiger partial charge in [-0.05, 0) is 31.0 Å². The lowest BCUT2D eigenvalue weighted by Gasteiger charge is -2.15. The van der Waals surface area contributed by atoms with Crippen molar-refractivity contribution in [1.29, 1.82) is 0 Å². The molecule has 1 atom stereocenters.